The lowest BCUT2D eigenvalue weighted by Crippen LogP contribution is -2.30. The third kappa shape index (κ3) is 2.85. The van der Waals surface area contributed by atoms with E-state index in [0.29, 0.717) is 0 Å². The molecular formula is C13H21NO2. The first kappa shape index (κ1) is 11.6. The average Bonchev–Trinajstić information content (AvgIpc) is 2.80. The molecule has 2 rings (SSSR count). The molecule has 0 aromatic carbocycles. The Bertz CT molecular complexity index is 274. The van der Waals surface area contributed by atoms with Crippen molar-refractivity contribution in [1.82, 2.24) is 4.90 Å². The number of amides is 1. The molecule has 0 bridgehead atoms. The minimum absolute atomic E-state index is 0.0662. The zero-order valence-corrected chi connectivity index (χ0v) is 9.82. The maximum atomic E-state index is 11.8. The second-order valence-electron chi connectivity index (χ2n) is 5.03. The van der Waals surface area contributed by atoms with E-state index < -0.39 is 5.60 Å². The minimum Gasteiger partial charge on any atom is -0.386 e. The van der Waals surface area contributed by atoms with Crippen LogP contribution >= 0.6 is 0 Å². The molecule has 16 heavy (non-hydrogen) atoms. The van der Waals surface area contributed by atoms with Gasteiger partial charge in [0.15, 0.2) is 0 Å². The molecule has 0 radical (unpaired) electrons. The Morgan fingerprint density at radius 1 is 1.06 bits per heavy atom. The molecule has 1 saturated heterocycles. The number of carbonyl (C=O) groups is 1. The highest BCUT2D eigenvalue weighted by molar-refractivity contribution is 5.87. The van der Waals surface area contributed by atoms with Gasteiger partial charge in [-0.2, -0.15) is 0 Å². The molecule has 90 valence electrons. The maximum Gasteiger partial charge on any atom is 0.246 e. The number of hydrogen-bond acceptors (Lipinski definition) is 2. The number of nitrogens with zero attached hydrogens (tertiary/aromatic N) is 1. The molecule has 1 aliphatic heterocycles. The molecule has 0 unspecified atom stereocenters. The number of rotatable bonds is 2. The second kappa shape index (κ2) is 5.00. The molecule has 0 atom stereocenters. The van der Waals surface area contributed by atoms with Gasteiger partial charge in [-0.05, 0) is 31.8 Å². The maximum absolute atomic E-state index is 11.8. The molecule has 1 amide bonds. The first-order chi connectivity index (χ1) is 7.70. The van der Waals surface area contributed by atoms with Crippen LogP contribution in [0.4, 0.5) is 0 Å². The molecule has 1 aliphatic carbocycles. The first-order valence-corrected chi connectivity index (χ1v) is 6.40. The smallest absolute Gasteiger partial charge is 0.246 e. The third-order valence-electron chi connectivity index (χ3n) is 3.67. The van der Waals surface area contributed by atoms with Crippen molar-refractivity contribution < 1.29 is 9.90 Å². The van der Waals surface area contributed by atoms with Crippen molar-refractivity contribution in [1.29, 1.82) is 0 Å². The van der Waals surface area contributed by atoms with Crippen LogP contribution in [0.1, 0.15) is 44.9 Å². The van der Waals surface area contributed by atoms with Crippen molar-refractivity contribution >= 4 is 5.91 Å². The first-order valence-electron chi connectivity index (χ1n) is 6.40. The average molecular weight is 223 g/mol. The Morgan fingerprint density at radius 2 is 1.69 bits per heavy atom. The van der Waals surface area contributed by atoms with Gasteiger partial charge in [-0.1, -0.05) is 19.3 Å². The Morgan fingerprint density at radius 3 is 2.31 bits per heavy atom. The van der Waals surface area contributed by atoms with Gasteiger partial charge in [-0.25, -0.2) is 0 Å². The highest BCUT2D eigenvalue weighted by Crippen LogP contribution is 2.29. The number of aliphatic hydroxyl groups is 1. The second-order valence-corrected chi connectivity index (χ2v) is 5.03. The van der Waals surface area contributed by atoms with E-state index in [2.05, 4.69) is 0 Å². The van der Waals surface area contributed by atoms with E-state index in [1.54, 1.807) is 12.2 Å². The predicted octanol–water partition coefficient (Wildman–Crippen LogP) is 1.86. The molecule has 3 nitrogen and oxygen atoms in total. The van der Waals surface area contributed by atoms with E-state index in [-0.39, 0.29) is 5.91 Å². The van der Waals surface area contributed by atoms with E-state index in [1.165, 1.54) is 6.42 Å². The zero-order chi connectivity index (χ0) is 11.4. The van der Waals surface area contributed by atoms with Gasteiger partial charge < -0.3 is 10.0 Å². The Labute approximate surface area is 97.1 Å². The van der Waals surface area contributed by atoms with E-state index in [9.17, 15) is 9.90 Å². The van der Waals surface area contributed by atoms with Crippen LogP contribution in [-0.2, 0) is 4.79 Å². The van der Waals surface area contributed by atoms with Crippen LogP contribution in [0.25, 0.3) is 0 Å². The van der Waals surface area contributed by atoms with Gasteiger partial charge in [0, 0.05) is 19.2 Å². The fourth-order valence-electron chi connectivity index (χ4n) is 2.60. The summed E-state index contributed by atoms with van der Waals surface area (Å²) in [5.41, 5.74) is -0.715. The molecule has 1 saturated carbocycles. The summed E-state index contributed by atoms with van der Waals surface area (Å²) in [6.07, 6.45) is 10.5. The van der Waals surface area contributed by atoms with E-state index in [1.807, 2.05) is 4.90 Å². The van der Waals surface area contributed by atoms with Gasteiger partial charge in [0.1, 0.15) is 0 Å². The zero-order valence-electron chi connectivity index (χ0n) is 9.82. The van der Waals surface area contributed by atoms with Gasteiger partial charge in [0.25, 0.3) is 0 Å². The SMILES string of the molecule is O=C(C=CC1(O)CCCCC1)N1CCCC1. The highest BCUT2D eigenvalue weighted by Gasteiger charge is 2.26. The molecule has 0 aromatic rings. The molecule has 0 spiro atoms. The molecule has 2 fully saturated rings. The van der Waals surface area contributed by atoms with Crippen LogP contribution in [0.3, 0.4) is 0 Å². The summed E-state index contributed by atoms with van der Waals surface area (Å²) in [6, 6.07) is 0. The van der Waals surface area contributed by atoms with Crippen molar-refractivity contribution in [2.24, 2.45) is 0 Å². The van der Waals surface area contributed by atoms with Gasteiger partial charge in [0.05, 0.1) is 5.60 Å². The Kier molecular flexibility index (Phi) is 3.64. The largest absolute Gasteiger partial charge is 0.386 e. The molecular weight excluding hydrogens is 202 g/mol. The van der Waals surface area contributed by atoms with Crippen LogP contribution in [0, 0.1) is 0 Å². The summed E-state index contributed by atoms with van der Waals surface area (Å²) < 4.78 is 0. The lowest BCUT2D eigenvalue weighted by Gasteiger charge is -2.28. The van der Waals surface area contributed by atoms with Crippen molar-refractivity contribution in [2.45, 2.75) is 50.5 Å². The molecule has 3 heteroatoms. The summed E-state index contributed by atoms with van der Waals surface area (Å²) in [6.45, 7) is 1.75. The van der Waals surface area contributed by atoms with Gasteiger partial charge >= 0.3 is 0 Å². The lowest BCUT2D eigenvalue weighted by molar-refractivity contribution is -0.125. The van der Waals surface area contributed by atoms with Gasteiger partial charge in [-0.15, -0.1) is 0 Å². The Balaban J connectivity index is 1.89. The molecule has 2 aliphatic rings. The van der Waals surface area contributed by atoms with Crippen molar-refractivity contribution in [3.8, 4) is 0 Å². The number of hydrogen-bond donors (Lipinski definition) is 1. The molecule has 1 heterocycles. The van der Waals surface area contributed by atoms with E-state index in [4.69, 9.17) is 0 Å². The molecule has 1 N–H and O–H groups in total. The van der Waals surface area contributed by atoms with E-state index in [0.717, 1.165) is 51.6 Å². The standard InChI is InChI=1S/C13H21NO2/c15-12(14-10-4-5-11-14)6-9-13(16)7-2-1-3-8-13/h6,9,16H,1-5,7-8,10-11H2. The summed E-state index contributed by atoms with van der Waals surface area (Å²) in [7, 11) is 0. The predicted molar refractivity (Wildman–Crippen MR) is 63.0 cm³/mol. The Hall–Kier alpha value is -0.830. The van der Waals surface area contributed by atoms with Crippen LogP contribution in [0.2, 0.25) is 0 Å². The normalized spacial score (nSPS) is 25.2. The van der Waals surface area contributed by atoms with E-state index >= 15 is 0 Å². The van der Waals surface area contributed by atoms with Crippen molar-refractivity contribution in [3.05, 3.63) is 12.2 Å². The number of carbonyl (C=O) groups excluding carboxylic acids is 1. The lowest BCUT2D eigenvalue weighted by atomic mass is 9.84. The van der Waals surface area contributed by atoms with Crippen LogP contribution in [0.5, 0.6) is 0 Å². The fraction of sp³-hybridized carbons (Fsp3) is 0.769. The summed E-state index contributed by atoms with van der Waals surface area (Å²) >= 11 is 0. The summed E-state index contributed by atoms with van der Waals surface area (Å²) in [5.74, 6) is 0.0662. The highest BCUT2D eigenvalue weighted by atomic mass is 16.3. The minimum atomic E-state index is -0.715. The third-order valence-corrected chi connectivity index (χ3v) is 3.67. The quantitative estimate of drug-likeness (QED) is 0.726. The summed E-state index contributed by atoms with van der Waals surface area (Å²) in [4.78, 5) is 13.6. The van der Waals surface area contributed by atoms with Gasteiger partial charge in [-0.3, -0.25) is 4.79 Å². The van der Waals surface area contributed by atoms with Crippen molar-refractivity contribution in [3.63, 3.8) is 0 Å². The van der Waals surface area contributed by atoms with Crippen LogP contribution in [0.15, 0.2) is 12.2 Å². The van der Waals surface area contributed by atoms with Gasteiger partial charge in [0.2, 0.25) is 5.91 Å². The number of likely N-dealkylation sites (tertiary alicyclic amines) is 1. The van der Waals surface area contributed by atoms with Crippen molar-refractivity contribution in [2.75, 3.05) is 13.1 Å². The fourth-order valence-corrected chi connectivity index (χ4v) is 2.60. The monoisotopic (exact) mass is 223 g/mol. The van der Waals surface area contributed by atoms with Crippen LogP contribution in [-0.4, -0.2) is 34.6 Å². The molecule has 0 aromatic heterocycles. The topological polar surface area (TPSA) is 40.5 Å². The van der Waals surface area contributed by atoms with Crippen LogP contribution < -0.4 is 0 Å². The summed E-state index contributed by atoms with van der Waals surface area (Å²) in [5, 5.41) is 10.2.